The van der Waals surface area contributed by atoms with Crippen molar-refractivity contribution in [2.24, 2.45) is 5.92 Å². The smallest absolute Gasteiger partial charge is 0.335 e. The third-order valence-electron chi connectivity index (χ3n) is 4.70. The molecule has 7 nitrogen and oxygen atoms in total. The van der Waals surface area contributed by atoms with Gasteiger partial charge < -0.3 is 9.52 Å². The van der Waals surface area contributed by atoms with Gasteiger partial charge in [0.1, 0.15) is 23.2 Å². The molecule has 0 unspecified atom stereocenters. The molecule has 152 valence electrons. The molecule has 0 fully saturated rings. The second-order valence-electron chi connectivity index (χ2n) is 7.37. The van der Waals surface area contributed by atoms with E-state index >= 15 is 0 Å². The molecule has 2 amide bonds. The van der Waals surface area contributed by atoms with Crippen LogP contribution in [0.5, 0.6) is 0 Å². The summed E-state index contributed by atoms with van der Waals surface area (Å²) in [7, 11) is 0. The van der Waals surface area contributed by atoms with Crippen LogP contribution in [0.1, 0.15) is 36.9 Å². The van der Waals surface area contributed by atoms with Crippen molar-refractivity contribution in [3.63, 3.8) is 0 Å². The first-order valence-corrected chi connectivity index (χ1v) is 9.35. The van der Waals surface area contributed by atoms with Gasteiger partial charge in [0, 0.05) is 17.7 Å². The zero-order valence-electron chi connectivity index (χ0n) is 16.8. The lowest BCUT2D eigenvalue weighted by molar-refractivity contribution is -0.141. The van der Waals surface area contributed by atoms with E-state index in [4.69, 9.17) is 9.52 Å². The third-order valence-corrected chi connectivity index (χ3v) is 4.70. The summed E-state index contributed by atoms with van der Waals surface area (Å²) in [6, 6.07) is 11.5. The van der Waals surface area contributed by atoms with Gasteiger partial charge in [0.05, 0.1) is 5.56 Å². The fourth-order valence-corrected chi connectivity index (χ4v) is 3.17. The van der Waals surface area contributed by atoms with Crippen molar-refractivity contribution in [2.45, 2.75) is 20.8 Å². The predicted molar refractivity (Wildman–Crippen MR) is 109 cm³/mol. The van der Waals surface area contributed by atoms with E-state index in [0.717, 1.165) is 4.90 Å². The zero-order valence-corrected chi connectivity index (χ0v) is 16.8. The molecule has 1 N–H and O–H groups in total. The topological polar surface area (TPSA) is 112 Å². The van der Waals surface area contributed by atoms with Gasteiger partial charge in [0.2, 0.25) is 0 Å². The number of nitriles is 1. The van der Waals surface area contributed by atoms with Crippen LogP contribution < -0.4 is 0 Å². The molecular formula is C23H20N2O5. The number of carboxylic acids is 1. The minimum absolute atomic E-state index is 0.0569. The monoisotopic (exact) mass is 404 g/mol. The van der Waals surface area contributed by atoms with E-state index < -0.39 is 17.8 Å². The number of aromatic carboxylic acids is 1. The van der Waals surface area contributed by atoms with E-state index in [2.05, 4.69) is 0 Å². The predicted octanol–water partition coefficient (Wildman–Crippen LogP) is 3.89. The summed E-state index contributed by atoms with van der Waals surface area (Å²) in [4.78, 5) is 37.5. The number of benzene rings is 1. The van der Waals surface area contributed by atoms with Gasteiger partial charge in [-0.3, -0.25) is 14.5 Å². The molecule has 1 aromatic carbocycles. The van der Waals surface area contributed by atoms with Crippen LogP contribution in [0.2, 0.25) is 0 Å². The zero-order chi connectivity index (χ0) is 22.0. The van der Waals surface area contributed by atoms with Crippen LogP contribution in [-0.4, -0.2) is 34.3 Å². The van der Waals surface area contributed by atoms with Crippen molar-refractivity contribution in [2.75, 3.05) is 6.54 Å². The molecule has 3 rings (SSSR count). The largest absolute Gasteiger partial charge is 0.478 e. The summed E-state index contributed by atoms with van der Waals surface area (Å²) in [5.41, 5.74) is 1.34. The Bertz CT molecular complexity index is 1130. The maximum absolute atomic E-state index is 12.9. The molecular weight excluding hydrogens is 384 g/mol. The molecule has 1 aliphatic heterocycles. The highest BCUT2D eigenvalue weighted by Crippen LogP contribution is 2.29. The van der Waals surface area contributed by atoms with Gasteiger partial charge >= 0.3 is 5.97 Å². The SMILES string of the molecule is CC1=C(C#N)C(=O)N(CC(C)C)C(=O)/C1=C/c1ccc(-c2ccc(C(=O)O)cc2)o1. The Hall–Kier alpha value is -3.92. The maximum atomic E-state index is 12.9. The van der Waals surface area contributed by atoms with Crippen LogP contribution in [0.25, 0.3) is 17.4 Å². The molecule has 0 bridgehead atoms. The number of carbonyl (C=O) groups excluding carboxylic acids is 2. The molecule has 30 heavy (non-hydrogen) atoms. The lowest BCUT2D eigenvalue weighted by Crippen LogP contribution is -2.44. The molecule has 1 aromatic heterocycles. The van der Waals surface area contributed by atoms with Gasteiger partial charge in [0.25, 0.3) is 11.8 Å². The molecule has 1 aliphatic rings. The van der Waals surface area contributed by atoms with Crippen LogP contribution in [0.4, 0.5) is 0 Å². The Labute approximate surface area is 173 Å². The standard InChI is InChI=1S/C23H20N2O5/c1-13(2)12-25-21(26)18(14(3)19(11-24)22(25)27)10-17-8-9-20(30-17)15-4-6-16(7-5-15)23(28)29/h4-10,13H,12H2,1-3H3,(H,28,29)/b18-10+. The number of imide groups is 1. The molecule has 0 saturated heterocycles. The minimum atomic E-state index is -1.02. The second-order valence-corrected chi connectivity index (χ2v) is 7.37. The van der Waals surface area contributed by atoms with Gasteiger partial charge in [-0.25, -0.2) is 4.79 Å². The molecule has 2 aromatic rings. The Kier molecular flexibility index (Phi) is 5.70. The molecule has 2 heterocycles. The van der Waals surface area contributed by atoms with Gasteiger partial charge in [-0.2, -0.15) is 5.26 Å². The highest BCUT2D eigenvalue weighted by molar-refractivity contribution is 6.19. The summed E-state index contributed by atoms with van der Waals surface area (Å²) in [6.45, 7) is 5.55. The van der Waals surface area contributed by atoms with E-state index in [1.165, 1.54) is 18.2 Å². The molecule has 0 spiro atoms. The average Bonchev–Trinajstić information content (AvgIpc) is 3.17. The van der Waals surface area contributed by atoms with Crippen molar-refractivity contribution < 1.29 is 23.9 Å². The van der Waals surface area contributed by atoms with Gasteiger partial charge in [-0.05, 0) is 48.8 Å². The van der Waals surface area contributed by atoms with E-state index in [1.807, 2.05) is 19.9 Å². The summed E-state index contributed by atoms with van der Waals surface area (Å²) < 4.78 is 5.80. The summed E-state index contributed by atoms with van der Waals surface area (Å²) in [5.74, 6) is -1.12. The molecule has 0 saturated carbocycles. The van der Waals surface area contributed by atoms with Crippen LogP contribution in [0, 0.1) is 17.2 Å². The van der Waals surface area contributed by atoms with Crippen molar-refractivity contribution in [3.8, 4) is 17.4 Å². The fourth-order valence-electron chi connectivity index (χ4n) is 3.17. The number of amides is 2. The average molecular weight is 404 g/mol. The van der Waals surface area contributed by atoms with E-state index in [1.54, 1.807) is 31.2 Å². The van der Waals surface area contributed by atoms with E-state index in [9.17, 15) is 19.6 Å². The third kappa shape index (κ3) is 3.94. The lowest BCUT2D eigenvalue weighted by Gasteiger charge is -2.28. The Morgan fingerprint density at radius 1 is 1.17 bits per heavy atom. The number of carboxylic acid groups (broad SMARTS) is 1. The van der Waals surface area contributed by atoms with Gasteiger partial charge in [0.15, 0.2) is 0 Å². The highest BCUT2D eigenvalue weighted by atomic mass is 16.4. The minimum Gasteiger partial charge on any atom is -0.478 e. The van der Waals surface area contributed by atoms with Crippen LogP contribution in [0.15, 0.2) is 57.5 Å². The molecule has 7 heteroatoms. The number of nitrogens with zero attached hydrogens (tertiary/aromatic N) is 2. The van der Waals surface area contributed by atoms with Crippen molar-refractivity contribution in [3.05, 3.63) is 64.4 Å². The van der Waals surface area contributed by atoms with Crippen LogP contribution in [-0.2, 0) is 9.59 Å². The Balaban J connectivity index is 1.98. The maximum Gasteiger partial charge on any atom is 0.335 e. The summed E-state index contributed by atoms with van der Waals surface area (Å²) in [5, 5.41) is 18.4. The number of carbonyl (C=O) groups is 3. The van der Waals surface area contributed by atoms with E-state index in [0.29, 0.717) is 22.7 Å². The number of furan rings is 1. The lowest BCUT2D eigenvalue weighted by atomic mass is 9.94. The first-order chi connectivity index (χ1) is 14.2. The number of hydrogen-bond acceptors (Lipinski definition) is 5. The summed E-state index contributed by atoms with van der Waals surface area (Å²) in [6.07, 6.45) is 1.52. The fraction of sp³-hybridized carbons (Fsp3) is 0.217. The van der Waals surface area contributed by atoms with E-state index in [-0.39, 0.29) is 29.2 Å². The first-order valence-electron chi connectivity index (χ1n) is 9.35. The molecule has 0 radical (unpaired) electrons. The van der Waals surface area contributed by atoms with Gasteiger partial charge in [-0.1, -0.05) is 26.0 Å². The Morgan fingerprint density at radius 3 is 2.40 bits per heavy atom. The first kappa shape index (κ1) is 20.8. The van der Waals surface area contributed by atoms with Crippen molar-refractivity contribution in [1.29, 1.82) is 5.26 Å². The number of rotatable bonds is 5. The molecule has 0 atom stereocenters. The summed E-state index contributed by atoms with van der Waals surface area (Å²) >= 11 is 0. The van der Waals surface area contributed by atoms with Crippen molar-refractivity contribution >= 4 is 23.9 Å². The van der Waals surface area contributed by atoms with Crippen LogP contribution in [0.3, 0.4) is 0 Å². The quantitative estimate of drug-likeness (QED) is 0.598. The molecule has 0 aliphatic carbocycles. The van der Waals surface area contributed by atoms with Gasteiger partial charge in [-0.15, -0.1) is 0 Å². The van der Waals surface area contributed by atoms with Crippen molar-refractivity contribution in [1.82, 2.24) is 4.90 Å². The second kappa shape index (κ2) is 8.21. The Morgan fingerprint density at radius 2 is 1.83 bits per heavy atom. The number of hydrogen-bond donors (Lipinski definition) is 1. The normalized spacial score (nSPS) is 15.8. The van der Waals surface area contributed by atoms with Crippen LogP contribution >= 0.6 is 0 Å². The highest BCUT2D eigenvalue weighted by Gasteiger charge is 2.35.